The van der Waals surface area contributed by atoms with Gasteiger partial charge in [0.15, 0.2) is 0 Å². The summed E-state index contributed by atoms with van der Waals surface area (Å²) in [6.45, 7) is 1.34. The molecule has 1 aliphatic carbocycles. The Morgan fingerprint density at radius 3 is 2.70 bits per heavy atom. The van der Waals surface area contributed by atoms with Crippen molar-refractivity contribution in [3.05, 3.63) is 34.3 Å². The molecule has 0 unspecified atom stereocenters. The van der Waals surface area contributed by atoms with Gasteiger partial charge in [0.05, 0.1) is 18.8 Å². The second-order valence-corrected chi connectivity index (χ2v) is 6.36. The molecular weight excluding hydrogens is 322 g/mol. The van der Waals surface area contributed by atoms with E-state index in [0.29, 0.717) is 6.42 Å². The first kappa shape index (κ1) is 15.5. The number of benzene rings is 1. The molecule has 110 valence electrons. The number of carbonyl (C=O) groups is 1. The number of aliphatic hydroxyl groups excluding tert-OH is 2. The topological polar surface area (TPSA) is 69.6 Å². The van der Waals surface area contributed by atoms with Gasteiger partial charge in [-0.05, 0) is 36.5 Å². The second-order valence-electron chi connectivity index (χ2n) is 5.44. The Balaban J connectivity index is 1.99. The van der Waals surface area contributed by atoms with Gasteiger partial charge in [-0.2, -0.15) is 0 Å². The Bertz CT molecular complexity index is 479. The predicted octanol–water partition coefficient (Wildman–Crippen LogP) is 1.80. The summed E-state index contributed by atoms with van der Waals surface area (Å²) in [5.74, 6) is 0.0905. The number of hydrogen-bond donors (Lipinski definition) is 3. The van der Waals surface area contributed by atoms with Crippen LogP contribution in [0.15, 0.2) is 28.7 Å². The van der Waals surface area contributed by atoms with Crippen LogP contribution in [-0.4, -0.2) is 34.9 Å². The monoisotopic (exact) mass is 341 g/mol. The van der Waals surface area contributed by atoms with Crippen molar-refractivity contribution in [3.63, 3.8) is 0 Å². The summed E-state index contributed by atoms with van der Waals surface area (Å²) in [4.78, 5) is 12.2. The molecular formula is C15H20BrNO3. The molecule has 20 heavy (non-hydrogen) atoms. The average Bonchev–Trinajstić information content (AvgIpc) is 3.25. The number of hydrogen-bond acceptors (Lipinski definition) is 3. The standard InChI is InChI=1S/C15H20BrNO3/c1-2-15(8-18,9-19)17-14(20)13-7-12(13)10-4-3-5-11(16)6-10/h3-6,12-13,18-19H,2,7-9H2,1H3,(H,17,20)/t12-,13-/m1/s1. The van der Waals surface area contributed by atoms with Crippen LogP contribution in [0.3, 0.4) is 0 Å². The Morgan fingerprint density at radius 1 is 1.45 bits per heavy atom. The van der Waals surface area contributed by atoms with E-state index in [0.717, 1.165) is 16.5 Å². The molecule has 1 fully saturated rings. The average molecular weight is 342 g/mol. The SMILES string of the molecule is CCC(CO)(CO)NC(=O)[C@@H]1C[C@@H]1c1cccc(Br)c1. The molecule has 2 rings (SSSR count). The fourth-order valence-corrected chi connectivity index (χ4v) is 2.80. The van der Waals surface area contributed by atoms with Gasteiger partial charge < -0.3 is 15.5 Å². The van der Waals surface area contributed by atoms with Gasteiger partial charge in [0.25, 0.3) is 0 Å². The fourth-order valence-electron chi connectivity index (χ4n) is 2.39. The van der Waals surface area contributed by atoms with Crippen LogP contribution in [0.25, 0.3) is 0 Å². The Kier molecular flexibility index (Phi) is 4.83. The van der Waals surface area contributed by atoms with E-state index in [1.54, 1.807) is 0 Å². The van der Waals surface area contributed by atoms with E-state index in [9.17, 15) is 15.0 Å². The van der Waals surface area contributed by atoms with Gasteiger partial charge >= 0.3 is 0 Å². The molecule has 5 heteroatoms. The third-order valence-corrected chi connectivity index (χ3v) is 4.57. The van der Waals surface area contributed by atoms with E-state index >= 15 is 0 Å². The summed E-state index contributed by atoms with van der Waals surface area (Å²) in [5, 5.41) is 21.5. The van der Waals surface area contributed by atoms with Crippen molar-refractivity contribution < 1.29 is 15.0 Å². The molecule has 1 aromatic carbocycles. The van der Waals surface area contributed by atoms with Crippen LogP contribution in [0.5, 0.6) is 0 Å². The fraction of sp³-hybridized carbons (Fsp3) is 0.533. The molecule has 2 atom stereocenters. The van der Waals surface area contributed by atoms with Crippen molar-refractivity contribution in [1.82, 2.24) is 5.32 Å². The Labute approximate surface area is 127 Å². The van der Waals surface area contributed by atoms with Crippen molar-refractivity contribution in [2.45, 2.75) is 31.2 Å². The summed E-state index contributed by atoms with van der Waals surface area (Å²) < 4.78 is 1.01. The first-order valence-corrected chi connectivity index (χ1v) is 7.63. The summed E-state index contributed by atoms with van der Waals surface area (Å²) in [6, 6.07) is 7.97. The lowest BCUT2D eigenvalue weighted by molar-refractivity contribution is -0.125. The van der Waals surface area contributed by atoms with Gasteiger partial charge in [0.1, 0.15) is 0 Å². The number of amides is 1. The van der Waals surface area contributed by atoms with Gasteiger partial charge in [-0.25, -0.2) is 0 Å². The van der Waals surface area contributed by atoms with Gasteiger partial charge in [-0.15, -0.1) is 0 Å². The zero-order valence-electron chi connectivity index (χ0n) is 11.5. The van der Waals surface area contributed by atoms with Crippen molar-refractivity contribution in [3.8, 4) is 0 Å². The quantitative estimate of drug-likeness (QED) is 0.738. The molecule has 1 saturated carbocycles. The molecule has 0 aliphatic heterocycles. The molecule has 0 spiro atoms. The van der Waals surface area contributed by atoms with E-state index < -0.39 is 5.54 Å². The molecule has 3 N–H and O–H groups in total. The van der Waals surface area contributed by atoms with E-state index in [1.165, 1.54) is 0 Å². The maximum Gasteiger partial charge on any atom is 0.224 e. The highest BCUT2D eigenvalue weighted by Crippen LogP contribution is 2.48. The summed E-state index contributed by atoms with van der Waals surface area (Å²) >= 11 is 3.43. The van der Waals surface area contributed by atoms with Crippen molar-refractivity contribution in [2.75, 3.05) is 13.2 Å². The lowest BCUT2D eigenvalue weighted by Crippen LogP contribution is -2.54. The molecule has 0 aromatic heterocycles. The molecule has 1 aliphatic rings. The molecule has 0 radical (unpaired) electrons. The van der Waals surface area contributed by atoms with Crippen LogP contribution in [-0.2, 0) is 4.79 Å². The van der Waals surface area contributed by atoms with E-state index in [1.807, 2.05) is 31.2 Å². The molecule has 0 saturated heterocycles. The minimum atomic E-state index is -0.901. The van der Waals surface area contributed by atoms with E-state index in [2.05, 4.69) is 21.2 Å². The first-order chi connectivity index (χ1) is 9.55. The van der Waals surface area contributed by atoms with Crippen LogP contribution >= 0.6 is 15.9 Å². The van der Waals surface area contributed by atoms with E-state index in [-0.39, 0.29) is 31.0 Å². The molecule has 0 heterocycles. The minimum absolute atomic E-state index is 0.0617. The van der Waals surface area contributed by atoms with Crippen LogP contribution in [0.2, 0.25) is 0 Å². The third-order valence-electron chi connectivity index (χ3n) is 4.07. The highest BCUT2D eigenvalue weighted by molar-refractivity contribution is 9.10. The third kappa shape index (κ3) is 3.22. The molecule has 4 nitrogen and oxygen atoms in total. The number of rotatable bonds is 6. The minimum Gasteiger partial charge on any atom is -0.394 e. The van der Waals surface area contributed by atoms with Crippen LogP contribution < -0.4 is 5.32 Å². The van der Waals surface area contributed by atoms with Crippen LogP contribution in [0.1, 0.15) is 31.2 Å². The molecule has 1 amide bonds. The highest BCUT2D eigenvalue weighted by atomic mass is 79.9. The lowest BCUT2D eigenvalue weighted by Gasteiger charge is -2.29. The zero-order valence-corrected chi connectivity index (χ0v) is 13.1. The van der Waals surface area contributed by atoms with Gasteiger partial charge in [0.2, 0.25) is 5.91 Å². The predicted molar refractivity (Wildman–Crippen MR) is 80.3 cm³/mol. The summed E-state index contributed by atoms with van der Waals surface area (Å²) in [5.41, 5.74) is 0.247. The maximum atomic E-state index is 12.2. The number of carbonyl (C=O) groups excluding carboxylic acids is 1. The smallest absolute Gasteiger partial charge is 0.224 e. The highest BCUT2D eigenvalue weighted by Gasteiger charge is 2.45. The van der Waals surface area contributed by atoms with Crippen LogP contribution in [0, 0.1) is 5.92 Å². The van der Waals surface area contributed by atoms with Gasteiger partial charge in [-0.1, -0.05) is 35.0 Å². The summed E-state index contributed by atoms with van der Waals surface area (Å²) in [7, 11) is 0. The zero-order chi connectivity index (χ0) is 14.8. The lowest BCUT2D eigenvalue weighted by atomic mass is 9.98. The molecule has 0 bridgehead atoms. The van der Waals surface area contributed by atoms with Crippen molar-refractivity contribution in [1.29, 1.82) is 0 Å². The molecule has 1 aromatic rings. The Hall–Kier alpha value is -0.910. The van der Waals surface area contributed by atoms with Crippen molar-refractivity contribution >= 4 is 21.8 Å². The van der Waals surface area contributed by atoms with E-state index in [4.69, 9.17) is 0 Å². The Morgan fingerprint density at radius 2 is 2.15 bits per heavy atom. The second kappa shape index (κ2) is 6.24. The number of nitrogens with one attached hydrogen (secondary N) is 1. The normalized spacial score (nSPS) is 21.6. The number of halogens is 1. The first-order valence-electron chi connectivity index (χ1n) is 6.84. The maximum absolute atomic E-state index is 12.2. The number of aliphatic hydroxyl groups is 2. The van der Waals surface area contributed by atoms with Crippen LogP contribution in [0.4, 0.5) is 0 Å². The summed E-state index contributed by atoms with van der Waals surface area (Å²) in [6.07, 6.45) is 1.32. The largest absolute Gasteiger partial charge is 0.394 e. The van der Waals surface area contributed by atoms with Gasteiger partial charge in [0, 0.05) is 10.4 Å². The van der Waals surface area contributed by atoms with Gasteiger partial charge in [-0.3, -0.25) is 4.79 Å². The van der Waals surface area contributed by atoms with Crippen molar-refractivity contribution in [2.24, 2.45) is 5.92 Å².